The minimum absolute atomic E-state index is 0.114. The number of nitrogens with two attached hydrogens (primary N) is 1. The summed E-state index contributed by atoms with van der Waals surface area (Å²) in [6.45, 7) is 0. The number of nitrogens with zero attached hydrogens (tertiary/aromatic N) is 5. The van der Waals surface area contributed by atoms with E-state index in [0.717, 1.165) is 10.9 Å². The van der Waals surface area contributed by atoms with Gasteiger partial charge in [-0.3, -0.25) is 4.98 Å². The molecule has 2 N–H and O–H groups in total. The molecule has 1 aromatic carbocycles. The molecule has 0 aliphatic rings. The van der Waals surface area contributed by atoms with Crippen molar-refractivity contribution in [2.45, 2.75) is 0 Å². The van der Waals surface area contributed by atoms with Crippen molar-refractivity contribution in [3.8, 4) is 11.8 Å². The Morgan fingerprint density at radius 2 is 1.95 bits per heavy atom. The Balaban J connectivity index is 1.94. The van der Waals surface area contributed by atoms with Gasteiger partial charge in [-0.15, -0.1) is 0 Å². The summed E-state index contributed by atoms with van der Waals surface area (Å²) in [4.78, 5) is 18.2. The van der Waals surface area contributed by atoms with Crippen molar-refractivity contribution in [2.24, 2.45) is 0 Å². The number of pyridine rings is 1. The first-order chi connectivity index (χ1) is 10.1. The Hall–Kier alpha value is -2.96. The molecule has 0 atom stereocenters. The van der Waals surface area contributed by atoms with Crippen LogP contribution in [0.1, 0.15) is 0 Å². The summed E-state index contributed by atoms with van der Waals surface area (Å²) >= 11 is 0. The average molecular weight is 282 g/mol. The second-order valence-corrected chi connectivity index (χ2v) is 4.63. The Morgan fingerprint density at radius 3 is 2.76 bits per heavy atom. The highest BCUT2D eigenvalue weighted by Crippen LogP contribution is 2.23. The van der Waals surface area contributed by atoms with Gasteiger partial charge in [0.15, 0.2) is 0 Å². The number of nitrogen functional groups attached to an aromatic ring is 1. The number of anilines is 2. The lowest BCUT2D eigenvalue weighted by Crippen LogP contribution is -2.15. The third-order valence-corrected chi connectivity index (χ3v) is 2.81. The minimum Gasteiger partial charge on any atom is -0.424 e. The molecular weight excluding hydrogens is 268 g/mol. The molecule has 0 radical (unpaired) electrons. The maximum Gasteiger partial charge on any atom is 0.328 e. The minimum atomic E-state index is 0.114. The predicted molar refractivity (Wildman–Crippen MR) is 80.4 cm³/mol. The van der Waals surface area contributed by atoms with Crippen molar-refractivity contribution in [3.63, 3.8) is 0 Å². The SMILES string of the molecule is CN(C)c1nc(N)nc(Oc2ccc3cccnc3c2)n1. The molecule has 7 heteroatoms. The summed E-state index contributed by atoms with van der Waals surface area (Å²) < 4.78 is 5.65. The van der Waals surface area contributed by atoms with Crippen molar-refractivity contribution in [1.82, 2.24) is 19.9 Å². The third-order valence-electron chi connectivity index (χ3n) is 2.81. The molecule has 0 unspecified atom stereocenters. The second kappa shape index (κ2) is 5.20. The van der Waals surface area contributed by atoms with Gasteiger partial charge < -0.3 is 15.4 Å². The van der Waals surface area contributed by atoms with Crippen molar-refractivity contribution >= 4 is 22.8 Å². The van der Waals surface area contributed by atoms with E-state index in [1.54, 1.807) is 11.1 Å². The summed E-state index contributed by atoms with van der Waals surface area (Å²) in [5.41, 5.74) is 6.50. The van der Waals surface area contributed by atoms with Gasteiger partial charge in [0.05, 0.1) is 5.52 Å². The van der Waals surface area contributed by atoms with E-state index in [9.17, 15) is 0 Å². The Kier molecular flexibility index (Phi) is 3.23. The summed E-state index contributed by atoms with van der Waals surface area (Å²) in [6, 6.07) is 9.61. The summed E-state index contributed by atoms with van der Waals surface area (Å²) in [5.74, 6) is 1.15. The van der Waals surface area contributed by atoms with Gasteiger partial charge in [0, 0.05) is 31.7 Å². The van der Waals surface area contributed by atoms with Gasteiger partial charge in [-0.05, 0) is 18.2 Å². The zero-order valence-corrected chi connectivity index (χ0v) is 11.7. The molecule has 0 spiro atoms. The Bertz CT molecular complexity index is 789. The molecule has 0 saturated carbocycles. The van der Waals surface area contributed by atoms with Gasteiger partial charge in [-0.25, -0.2) is 0 Å². The van der Waals surface area contributed by atoms with Crippen molar-refractivity contribution in [2.75, 3.05) is 24.7 Å². The molecule has 21 heavy (non-hydrogen) atoms. The fourth-order valence-corrected chi connectivity index (χ4v) is 1.82. The fourth-order valence-electron chi connectivity index (χ4n) is 1.82. The monoisotopic (exact) mass is 282 g/mol. The van der Waals surface area contributed by atoms with E-state index in [-0.39, 0.29) is 12.0 Å². The highest BCUT2D eigenvalue weighted by Gasteiger charge is 2.08. The van der Waals surface area contributed by atoms with Crippen LogP contribution in [0.4, 0.5) is 11.9 Å². The molecule has 0 fully saturated rings. The summed E-state index contributed by atoms with van der Waals surface area (Å²) in [5, 5.41) is 1.04. The van der Waals surface area contributed by atoms with E-state index in [1.807, 2.05) is 44.4 Å². The molecule has 3 aromatic rings. The number of hydrogen-bond acceptors (Lipinski definition) is 7. The highest BCUT2D eigenvalue weighted by molar-refractivity contribution is 5.79. The predicted octanol–water partition coefficient (Wildman–Crippen LogP) is 1.86. The molecule has 0 bridgehead atoms. The second-order valence-electron chi connectivity index (χ2n) is 4.63. The molecule has 0 saturated heterocycles. The summed E-state index contributed by atoms with van der Waals surface area (Å²) in [7, 11) is 3.64. The van der Waals surface area contributed by atoms with Gasteiger partial charge in [0.1, 0.15) is 5.75 Å². The topological polar surface area (TPSA) is 90.1 Å². The quantitative estimate of drug-likeness (QED) is 0.784. The number of hydrogen-bond donors (Lipinski definition) is 1. The van der Waals surface area contributed by atoms with Gasteiger partial charge in [-0.2, -0.15) is 15.0 Å². The largest absolute Gasteiger partial charge is 0.424 e. The molecule has 0 amide bonds. The smallest absolute Gasteiger partial charge is 0.328 e. The zero-order chi connectivity index (χ0) is 14.8. The third kappa shape index (κ3) is 2.81. The first kappa shape index (κ1) is 13.0. The van der Waals surface area contributed by atoms with Crippen LogP contribution in [0.5, 0.6) is 11.8 Å². The van der Waals surface area contributed by atoms with Crippen LogP contribution in [-0.4, -0.2) is 34.0 Å². The van der Waals surface area contributed by atoms with Crippen LogP contribution in [0.2, 0.25) is 0 Å². The molecule has 0 aliphatic heterocycles. The Morgan fingerprint density at radius 1 is 1.10 bits per heavy atom. The first-order valence-corrected chi connectivity index (χ1v) is 6.33. The lowest BCUT2D eigenvalue weighted by Gasteiger charge is -2.11. The normalized spacial score (nSPS) is 10.6. The van der Waals surface area contributed by atoms with E-state index in [2.05, 4.69) is 19.9 Å². The molecule has 2 heterocycles. The lowest BCUT2D eigenvalue weighted by molar-refractivity contribution is 0.441. The number of ether oxygens (including phenoxy) is 1. The van der Waals surface area contributed by atoms with Crippen molar-refractivity contribution in [1.29, 1.82) is 0 Å². The molecule has 106 valence electrons. The Labute approximate surface area is 121 Å². The van der Waals surface area contributed by atoms with Crippen LogP contribution in [0.15, 0.2) is 36.5 Å². The van der Waals surface area contributed by atoms with E-state index >= 15 is 0 Å². The van der Waals surface area contributed by atoms with Crippen molar-refractivity contribution < 1.29 is 4.74 Å². The average Bonchev–Trinajstić information content (AvgIpc) is 2.46. The molecule has 7 nitrogen and oxygen atoms in total. The molecule has 2 aromatic heterocycles. The zero-order valence-electron chi connectivity index (χ0n) is 11.7. The summed E-state index contributed by atoms with van der Waals surface area (Å²) in [6.07, 6.45) is 1.73. The van der Waals surface area contributed by atoms with Gasteiger partial charge in [-0.1, -0.05) is 6.07 Å². The van der Waals surface area contributed by atoms with Crippen LogP contribution in [0.3, 0.4) is 0 Å². The molecule has 3 rings (SSSR count). The molecular formula is C14H14N6O. The van der Waals surface area contributed by atoms with Crippen LogP contribution >= 0.6 is 0 Å². The van der Waals surface area contributed by atoms with Gasteiger partial charge in [0.25, 0.3) is 0 Å². The van der Waals surface area contributed by atoms with Crippen LogP contribution in [0.25, 0.3) is 10.9 Å². The van der Waals surface area contributed by atoms with E-state index in [1.165, 1.54) is 0 Å². The van der Waals surface area contributed by atoms with Crippen LogP contribution < -0.4 is 15.4 Å². The number of fused-ring (bicyclic) bond motifs is 1. The van der Waals surface area contributed by atoms with E-state index in [4.69, 9.17) is 10.5 Å². The highest BCUT2D eigenvalue weighted by atomic mass is 16.5. The first-order valence-electron chi connectivity index (χ1n) is 6.33. The standard InChI is InChI=1S/C14H14N6O/c1-20(2)13-17-12(15)18-14(19-13)21-10-6-5-9-4-3-7-16-11(9)8-10/h3-8H,1-2H3,(H2,15,17,18,19). The number of benzene rings is 1. The number of aromatic nitrogens is 4. The van der Waals surface area contributed by atoms with E-state index < -0.39 is 0 Å². The van der Waals surface area contributed by atoms with Crippen LogP contribution in [0, 0.1) is 0 Å². The fraction of sp³-hybridized carbons (Fsp3) is 0.143. The van der Waals surface area contributed by atoms with Crippen LogP contribution in [-0.2, 0) is 0 Å². The van der Waals surface area contributed by atoms with Gasteiger partial charge >= 0.3 is 6.01 Å². The number of rotatable bonds is 3. The maximum atomic E-state index is 5.66. The molecule has 0 aliphatic carbocycles. The van der Waals surface area contributed by atoms with E-state index in [0.29, 0.717) is 11.7 Å². The lowest BCUT2D eigenvalue weighted by atomic mass is 10.2. The van der Waals surface area contributed by atoms with Gasteiger partial charge in [0.2, 0.25) is 11.9 Å². The maximum absolute atomic E-state index is 5.66. The van der Waals surface area contributed by atoms with Crippen molar-refractivity contribution in [3.05, 3.63) is 36.5 Å².